The molecule has 0 radical (unpaired) electrons. The molecule has 0 aliphatic carbocycles. The fourth-order valence-electron chi connectivity index (χ4n) is 5.93. The van der Waals surface area contributed by atoms with Crippen LogP contribution in [0.2, 0.25) is 0 Å². The largest absolute Gasteiger partial charge is 0.490 e. The number of carbonyl (C=O) groups excluding carboxylic acids is 1. The smallest absolute Gasteiger partial charge is 0.245 e. The van der Waals surface area contributed by atoms with Crippen LogP contribution in [0.1, 0.15) is 30.4 Å². The first-order valence-corrected chi connectivity index (χ1v) is 13.4. The zero-order valence-electron chi connectivity index (χ0n) is 22.9. The van der Waals surface area contributed by atoms with E-state index < -0.39 is 5.82 Å². The second-order valence-corrected chi connectivity index (χ2v) is 11.0. The lowest BCUT2D eigenvalue weighted by Crippen LogP contribution is -2.61. The van der Waals surface area contributed by atoms with Crippen molar-refractivity contribution in [3.05, 3.63) is 54.0 Å². The van der Waals surface area contributed by atoms with E-state index in [2.05, 4.69) is 32.6 Å². The minimum Gasteiger partial charge on any atom is -0.490 e. The van der Waals surface area contributed by atoms with Crippen molar-refractivity contribution >= 4 is 22.5 Å². The van der Waals surface area contributed by atoms with E-state index in [1.165, 1.54) is 6.08 Å². The van der Waals surface area contributed by atoms with Crippen LogP contribution in [-0.2, 0) is 4.79 Å². The summed E-state index contributed by atoms with van der Waals surface area (Å²) in [6, 6.07) is 7.86. The Morgan fingerprint density at radius 2 is 2.05 bits per heavy atom. The van der Waals surface area contributed by atoms with Gasteiger partial charge in [-0.15, -0.1) is 0 Å². The fourth-order valence-corrected chi connectivity index (χ4v) is 5.93. The lowest BCUT2D eigenvalue weighted by molar-refractivity contribution is -0.139. The monoisotopic (exact) mass is 530 g/mol. The number of nitriles is 1. The van der Waals surface area contributed by atoms with E-state index in [-0.39, 0.29) is 22.6 Å². The topological polar surface area (TPSA) is 88.5 Å². The highest BCUT2D eigenvalue weighted by Gasteiger charge is 2.46. The number of anilines is 1. The number of piperidine rings is 1. The first-order chi connectivity index (χ1) is 18.8. The number of H-pyrrole nitrogens is 1. The third-order valence-electron chi connectivity index (χ3n) is 8.11. The van der Waals surface area contributed by atoms with E-state index in [0.717, 1.165) is 55.4 Å². The molecule has 1 amide bonds. The van der Waals surface area contributed by atoms with Crippen LogP contribution in [0.5, 0.6) is 5.75 Å². The molecule has 3 heterocycles. The van der Waals surface area contributed by atoms with E-state index in [4.69, 9.17) is 4.74 Å². The van der Waals surface area contributed by atoms with E-state index >= 15 is 4.39 Å². The second kappa shape index (κ2) is 10.7. The van der Waals surface area contributed by atoms with Crippen LogP contribution in [-0.4, -0.2) is 79.3 Å². The summed E-state index contributed by atoms with van der Waals surface area (Å²) in [6.45, 7) is 9.59. The summed E-state index contributed by atoms with van der Waals surface area (Å²) in [5.74, 6) is -0.398. The molecule has 204 valence electrons. The van der Waals surface area contributed by atoms with Gasteiger partial charge in [-0.05, 0) is 58.0 Å². The van der Waals surface area contributed by atoms with Crippen LogP contribution in [0.15, 0.2) is 37.1 Å². The van der Waals surface area contributed by atoms with Crippen molar-refractivity contribution in [2.45, 2.75) is 26.2 Å². The van der Waals surface area contributed by atoms with Gasteiger partial charge in [-0.2, -0.15) is 10.4 Å². The number of halogens is 1. The summed E-state index contributed by atoms with van der Waals surface area (Å²) in [6.07, 6.45) is 5.57. The number of fused-ring (bicyclic) bond motifs is 1. The van der Waals surface area contributed by atoms with Crippen LogP contribution in [0, 0.1) is 29.5 Å². The summed E-state index contributed by atoms with van der Waals surface area (Å²) in [5, 5.41) is 18.3. The molecule has 1 N–H and O–H groups in total. The van der Waals surface area contributed by atoms with Gasteiger partial charge in [-0.3, -0.25) is 9.89 Å². The Morgan fingerprint density at radius 3 is 2.72 bits per heavy atom. The maximum Gasteiger partial charge on any atom is 0.245 e. The van der Waals surface area contributed by atoms with Gasteiger partial charge in [-0.1, -0.05) is 12.6 Å². The number of nitrogens with zero attached hydrogens (tertiary/aromatic N) is 5. The predicted molar refractivity (Wildman–Crippen MR) is 150 cm³/mol. The van der Waals surface area contributed by atoms with Crippen molar-refractivity contribution in [1.29, 1.82) is 5.26 Å². The lowest BCUT2D eigenvalue weighted by atomic mass is 9.71. The number of aryl methyl sites for hydroxylation is 1. The van der Waals surface area contributed by atoms with Crippen molar-refractivity contribution in [3.63, 3.8) is 0 Å². The number of benzene rings is 2. The Hall–Kier alpha value is -3.90. The molecule has 5 rings (SSSR count). The molecule has 2 aromatic carbocycles. The van der Waals surface area contributed by atoms with Crippen LogP contribution < -0.4 is 9.64 Å². The van der Waals surface area contributed by atoms with Gasteiger partial charge in [0.15, 0.2) is 11.6 Å². The van der Waals surface area contributed by atoms with Gasteiger partial charge in [0.25, 0.3) is 0 Å². The highest BCUT2D eigenvalue weighted by Crippen LogP contribution is 2.46. The van der Waals surface area contributed by atoms with Crippen molar-refractivity contribution in [2.75, 3.05) is 58.3 Å². The number of rotatable bonds is 8. The van der Waals surface area contributed by atoms with Crippen LogP contribution in [0.4, 0.5) is 10.1 Å². The Kier molecular flexibility index (Phi) is 7.32. The third-order valence-corrected chi connectivity index (χ3v) is 8.11. The number of hydrogen-bond donors (Lipinski definition) is 1. The van der Waals surface area contributed by atoms with Gasteiger partial charge in [0.05, 0.1) is 29.6 Å². The molecule has 0 saturated carbocycles. The number of likely N-dealkylation sites (tertiary alicyclic amines) is 1. The van der Waals surface area contributed by atoms with Gasteiger partial charge in [-0.25, -0.2) is 4.39 Å². The number of carbonyl (C=O) groups is 1. The van der Waals surface area contributed by atoms with Gasteiger partial charge >= 0.3 is 0 Å². The minimum atomic E-state index is -0.525. The summed E-state index contributed by atoms with van der Waals surface area (Å²) in [5.41, 5.74) is 3.63. The molecule has 0 atom stereocenters. The normalized spacial score (nSPS) is 16.4. The predicted octanol–water partition coefficient (Wildman–Crippen LogP) is 4.49. The van der Waals surface area contributed by atoms with Crippen molar-refractivity contribution in [2.24, 2.45) is 5.41 Å². The van der Waals surface area contributed by atoms with Crippen molar-refractivity contribution in [3.8, 4) is 22.9 Å². The molecule has 2 aliphatic rings. The maximum atomic E-state index is 16.3. The van der Waals surface area contributed by atoms with Crippen LogP contribution >= 0.6 is 0 Å². The quantitative estimate of drug-likeness (QED) is 0.341. The number of ether oxygens (including phenoxy) is 1. The molecule has 3 aromatic rings. The molecule has 2 aliphatic heterocycles. The zero-order valence-corrected chi connectivity index (χ0v) is 22.9. The molecule has 1 aromatic heterocycles. The van der Waals surface area contributed by atoms with Crippen LogP contribution in [0.3, 0.4) is 0 Å². The molecule has 0 bridgehead atoms. The molecule has 39 heavy (non-hydrogen) atoms. The summed E-state index contributed by atoms with van der Waals surface area (Å²) >= 11 is 0. The standard InChI is InChI=1S/C30H35FN6O2/c1-5-26(38)37-18-30(19-37)9-12-36(13-10-30)24-15-25(39-14-6-11-35(3)4)29(31)28(21(24)16-32)27-20(2)7-8-23-22(27)17-33-34-23/h5,7-8,15,17H,1,6,9-14,18-19H2,2-4H3,(H,33,34). The van der Waals surface area contributed by atoms with Crippen LogP contribution in [0.25, 0.3) is 22.0 Å². The fraction of sp³-hybridized carbons (Fsp3) is 0.433. The Bertz CT molecular complexity index is 1440. The number of amides is 1. The molecule has 1 spiro atoms. The van der Waals surface area contributed by atoms with Gasteiger partial charge in [0, 0.05) is 60.7 Å². The zero-order chi connectivity index (χ0) is 27.7. The Morgan fingerprint density at radius 1 is 1.31 bits per heavy atom. The molecular formula is C30H35FN6O2. The molecule has 8 nitrogen and oxygen atoms in total. The first-order valence-electron chi connectivity index (χ1n) is 13.4. The highest BCUT2D eigenvalue weighted by molar-refractivity contribution is 5.99. The van der Waals surface area contributed by atoms with E-state index in [9.17, 15) is 10.1 Å². The average molecular weight is 531 g/mol. The van der Waals surface area contributed by atoms with E-state index in [0.29, 0.717) is 36.5 Å². The Labute approximate surface area is 228 Å². The number of aromatic nitrogens is 2. The van der Waals surface area contributed by atoms with E-state index in [1.54, 1.807) is 12.3 Å². The van der Waals surface area contributed by atoms with Gasteiger partial charge in [0.2, 0.25) is 5.91 Å². The maximum absolute atomic E-state index is 16.3. The van der Waals surface area contributed by atoms with E-state index in [1.807, 2.05) is 38.1 Å². The number of aromatic amines is 1. The van der Waals surface area contributed by atoms with Crippen molar-refractivity contribution < 1.29 is 13.9 Å². The first kappa shape index (κ1) is 26.7. The van der Waals surface area contributed by atoms with Gasteiger partial charge < -0.3 is 19.4 Å². The Balaban J connectivity index is 1.52. The molecule has 0 unspecified atom stereocenters. The molecule has 9 heteroatoms. The molecule has 2 fully saturated rings. The molecule has 2 saturated heterocycles. The average Bonchev–Trinajstić information content (AvgIpc) is 3.39. The van der Waals surface area contributed by atoms with Crippen molar-refractivity contribution in [1.82, 2.24) is 20.0 Å². The third kappa shape index (κ3) is 4.97. The summed E-state index contributed by atoms with van der Waals surface area (Å²) in [4.78, 5) is 18.0. The highest BCUT2D eigenvalue weighted by atomic mass is 19.1. The summed E-state index contributed by atoms with van der Waals surface area (Å²) < 4.78 is 22.3. The molecular weight excluding hydrogens is 495 g/mol. The van der Waals surface area contributed by atoms with Gasteiger partial charge in [0.1, 0.15) is 6.07 Å². The lowest BCUT2D eigenvalue weighted by Gasteiger charge is -2.54. The second-order valence-electron chi connectivity index (χ2n) is 11.0. The number of nitrogens with one attached hydrogen (secondary N) is 1. The SMILES string of the molecule is C=CC(=O)N1CC2(CCN(c3cc(OCCCN(C)C)c(F)c(-c4c(C)ccc5[nH]ncc45)c3C#N)CC2)C1. The number of hydrogen-bond acceptors (Lipinski definition) is 6. The minimum absolute atomic E-state index is 0.0298. The summed E-state index contributed by atoms with van der Waals surface area (Å²) in [7, 11) is 3.98.